The number of benzene rings is 1. The fourth-order valence-electron chi connectivity index (χ4n) is 2.84. The van der Waals surface area contributed by atoms with Gasteiger partial charge < -0.3 is 5.32 Å². The number of pyridine rings is 1. The number of rotatable bonds is 7. The van der Waals surface area contributed by atoms with Crippen molar-refractivity contribution in [3.05, 3.63) is 65.5 Å². The molecule has 0 amide bonds. The quantitative estimate of drug-likeness (QED) is 0.827. The molecule has 0 radical (unpaired) electrons. The highest BCUT2D eigenvalue weighted by atomic mass is 14.9. The van der Waals surface area contributed by atoms with Gasteiger partial charge in [0, 0.05) is 23.9 Å². The van der Waals surface area contributed by atoms with Crippen LogP contribution in [0.3, 0.4) is 0 Å². The molecule has 1 aromatic heterocycles. The first-order valence-electron chi connectivity index (χ1n) is 7.91. The smallest absolute Gasteiger partial charge is 0.0447 e. The molecule has 1 N–H and O–H groups in total. The molecular weight excluding hydrogens is 256 g/mol. The van der Waals surface area contributed by atoms with Crippen LogP contribution in [0.5, 0.6) is 0 Å². The number of aryl methyl sites for hydroxylation is 2. The second kappa shape index (κ2) is 7.94. The number of hydrogen-bond donors (Lipinski definition) is 1. The lowest BCUT2D eigenvalue weighted by Crippen LogP contribution is -2.34. The lowest BCUT2D eigenvalue weighted by molar-refractivity contribution is 0.428. The molecule has 2 aromatic rings. The molecular formula is C19H26N2. The zero-order valence-corrected chi connectivity index (χ0v) is 13.3. The van der Waals surface area contributed by atoms with Crippen LogP contribution < -0.4 is 5.32 Å². The van der Waals surface area contributed by atoms with Crippen molar-refractivity contribution < 1.29 is 0 Å². The van der Waals surface area contributed by atoms with Crippen LogP contribution in [-0.4, -0.2) is 17.6 Å². The third kappa shape index (κ3) is 4.40. The summed E-state index contributed by atoms with van der Waals surface area (Å²) in [6, 6.07) is 15.3. The van der Waals surface area contributed by atoms with E-state index in [0.29, 0.717) is 12.0 Å². The van der Waals surface area contributed by atoms with E-state index in [-0.39, 0.29) is 0 Å². The third-order valence-electron chi connectivity index (χ3n) is 4.21. The SMILES string of the molecule is CCNC(CCc1ccccc1C)C(C)c1ccccn1. The summed E-state index contributed by atoms with van der Waals surface area (Å²) in [5.74, 6) is 0.426. The summed E-state index contributed by atoms with van der Waals surface area (Å²) in [6.07, 6.45) is 4.13. The first-order chi connectivity index (χ1) is 10.2. The van der Waals surface area contributed by atoms with Gasteiger partial charge in [-0.2, -0.15) is 0 Å². The highest BCUT2D eigenvalue weighted by molar-refractivity contribution is 5.25. The van der Waals surface area contributed by atoms with Crippen LogP contribution in [0, 0.1) is 6.92 Å². The molecule has 2 nitrogen and oxygen atoms in total. The second-order valence-electron chi connectivity index (χ2n) is 5.67. The van der Waals surface area contributed by atoms with Gasteiger partial charge in [-0.3, -0.25) is 4.98 Å². The van der Waals surface area contributed by atoms with E-state index in [9.17, 15) is 0 Å². The summed E-state index contributed by atoms with van der Waals surface area (Å²) in [7, 11) is 0. The van der Waals surface area contributed by atoms with Crippen LogP contribution in [0.2, 0.25) is 0 Å². The Labute approximate surface area is 128 Å². The molecule has 0 saturated carbocycles. The van der Waals surface area contributed by atoms with Crippen LogP contribution in [0.1, 0.15) is 43.0 Å². The molecule has 1 heterocycles. The number of nitrogens with zero attached hydrogens (tertiary/aromatic N) is 1. The normalized spacial score (nSPS) is 13.9. The van der Waals surface area contributed by atoms with Crippen LogP contribution in [0.25, 0.3) is 0 Å². The fourth-order valence-corrected chi connectivity index (χ4v) is 2.84. The zero-order chi connectivity index (χ0) is 15.1. The maximum absolute atomic E-state index is 4.51. The average molecular weight is 282 g/mol. The van der Waals surface area contributed by atoms with E-state index in [1.165, 1.54) is 16.8 Å². The summed E-state index contributed by atoms with van der Waals surface area (Å²) in [5, 5.41) is 3.63. The lowest BCUT2D eigenvalue weighted by Gasteiger charge is -2.25. The Balaban J connectivity index is 2.04. The predicted molar refractivity (Wildman–Crippen MR) is 89.6 cm³/mol. The van der Waals surface area contributed by atoms with Crippen molar-refractivity contribution in [2.24, 2.45) is 0 Å². The van der Waals surface area contributed by atoms with E-state index in [2.05, 4.69) is 67.5 Å². The molecule has 0 fully saturated rings. The van der Waals surface area contributed by atoms with E-state index in [0.717, 1.165) is 19.4 Å². The number of hydrogen-bond acceptors (Lipinski definition) is 2. The molecule has 0 saturated heterocycles. The predicted octanol–water partition coefficient (Wildman–Crippen LogP) is 4.10. The van der Waals surface area contributed by atoms with Crippen LogP contribution in [0.4, 0.5) is 0 Å². The van der Waals surface area contributed by atoms with Gasteiger partial charge in [-0.15, -0.1) is 0 Å². The van der Waals surface area contributed by atoms with Gasteiger partial charge in [0.15, 0.2) is 0 Å². The molecule has 2 unspecified atom stereocenters. The summed E-state index contributed by atoms with van der Waals surface area (Å²) in [6.45, 7) is 7.63. The maximum Gasteiger partial charge on any atom is 0.0447 e. The highest BCUT2D eigenvalue weighted by Crippen LogP contribution is 2.21. The first kappa shape index (κ1) is 15.7. The van der Waals surface area contributed by atoms with Crippen molar-refractivity contribution in [3.63, 3.8) is 0 Å². The van der Waals surface area contributed by atoms with E-state index in [4.69, 9.17) is 0 Å². The zero-order valence-electron chi connectivity index (χ0n) is 13.3. The van der Waals surface area contributed by atoms with E-state index in [1.54, 1.807) is 0 Å². The molecule has 0 aliphatic carbocycles. The first-order valence-corrected chi connectivity index (χ1v) is 7.91. The van der Waals surface area contributed by atoms with Crippen molar-refractivity contribution in [3.8, 4) is 0 Å². The monoisotopic (exact) mass is 282 g/mol. The Morgan fingerprint density at radius 1 is 1.10 bits per heavy atom. The van der Waals surface area contributed by atoms with Crippen molar-refractivity contribution in [1.82, 2.24) is 10.3 Å². The van der Waals surface area contributed by atoms with Crippen LogP contribution >= 0.6 is 0 Å². The van der Waals surface area contributed by atoms with Gasteiger partial charge in [0.25, 0.3) is 0 Å². The topological polar surface area (TPSA) is 24.9 Å². The number of likely N-dealkylation sites (N-methyl/N-ethyl adjacent to an activating group) is 1. The molecule has 0 spiro atoms. The molecule has 1 aromatic carbocycles. The van der Waals surface area contributed by atoms with Gasteiger partial charge in [0.2, 0.25) is 0 Å². The summed E-state index contributed by atoms with van der Waals surface area (Å²) in [4.78, 5) is 4.51. The molecule has 0 aliphatic rings. The minimum Gasteiger partial charge on any atom is -0.314 e. The molecule has 112 valence electrons. The minimum atomic E-state index is 0.426. The van der Waals surface area contributed by atoms with E-state index >= 15 is 0 Å². The van der Waals surface area contributed by atoms with Gasteiger partial charge in [-0.25, -0.2) is 0 Å². The van der Waals surface area contributed by atoms with Gasteiger partial charge in [-0.05, 0) is 49.6 Å². The lowest BCUT2D eigenvalue weighted by atomic mass is 9.91. The average Bonchev–Trinajstić information content (AvgIpc) is 2.53. The largest absolute Gasteiger partial charge is 0.314 e. The Morgan fingerprint density at radius 3 is 2.52 bits per heavy atom. The molecule has 0 aliphatic heterocycles. The van der Waals surface area contributed by atoms with Crippen LogP contribution in [0.15, 0.2) is 48.7 Å². The number of aromatic nitrogens is 1. The van der Waals surface area contributed by atoms with Gasteiger partial charge in [-0.1, -0.05) is 44.2 Å². The molecule has 2 rings (SSSR count). The fraction of sp³-hybridized carbons (Fsp3) is 0.421. The standard InChI is InChI=1S/C19H26N2/c1-4-20-19(16(3)18-11-7-8-14-21-18)13-12-17-10-6-5-9-15(17)2/h5-11,14,16,19-20H,4,12-13H2,1-3H3. The van der Waals surface area contributed by atoms with Crippen molar-refractivity contribution in [2.75, 3.05) is 6.54 Å². The highest BCUT2D eigenvalue weighted by Gasteiger charge is 2.19. The Bertz CT molecular complexity index is 536. The molecule has 21 heavy (non-hydrogen) atoms. The van der Waals surface area contributed by atoms with Crippen molar-refractivity contribution >= 4 is 0 Å². The maximum atomic E-state index is 4.51. The third-order valence-corrected chi connectivity index (χ3v) is 4.21. The van der Waals surface area contributed by atoms with Crippen molar-refractivity contribution in [2.45, 2.75) is 45.6 Å². The van der Waals surface area contributed by atoms with E-state index in [1.807, 2.05) is 12.3 Å². The van der Waals surface area contributed by atoms with Crippen LogP contribution in [-0.2, 0) is 6.42 Å². The van der Waals surface area contributed by atoms with E-state index < -0.39 is 0 Å². The summed E-state index contributed by atoms with van der Waals surface area (Å²) in [5.41, 5.74) is 4.01. The Kier molecular flexibility index (Phi) is 5.94. The molecule has 2 heteroatoms. The Hall–Kier alpha value is -1.67. The van der Waals surface area contributed by atoms with Gasteiger partial charge in [0.05, 0.1) is 0 Å². The molecule has 0 bridgehead atoms. The number of nitrogens with one attached hydrogen (secondary N) is 1. The summed E-state index contributed by atoms with van der Waals surface area (Å²) < 4.78 is 0. The van der Waals surface area contributed by atoms with Gasteiger partial charge >= 0.3 is 0 Å². The summed E-state index contributed by atoms with van der Waals surface area (Å²) >= 11 is 0. The minimum absolute atomic E-state index is 0.426. The van der Waals surface area contributed by atoms with Crippen molar-refractivity contribution in [1.29, 1.82) is 0 Å². The molecule has 2 atom stereocenters. The van der Waals surface area contributed by atoms with Gasteiger partial charge in [0.1, 0.15) is 0 Å². The Morgan fingerprint density at radius 2 is 1.86 bits per heavy atom. The second-order valence-corrected chi connectivity index (χ2v) is 5.67.